The fourth-order valence-corrected chi connectivity index (χ4v) is 4.78. The third-order valence-electron chi connectivity index (χ3n) is 3.66. The zero-order valence-electron chi connectivity index (χ0n) is 12.3. The third kappa shape index (κ3) is 3.57. The number of rotatable bonds is 2. The van der Waals surface area contributed by atoms with Crippen molar-refractivity contribution in [3.63, 3.8) is 0 Å². The zero-order chi connectivity index (χ0) is 17.3. The van der Waals surface area contributed by atoms with Crippen molar-refractivity contribution in [1.29, 1.82) is 5.26 Å². The molecule has 1 heterocycles. The van der Waals surface area contributed by atoms with Crippen molar-refractivity contribution in [1.82, 2.24) is 5.32 Å². The summed E-state index contributed by atoms with van der Waals surface area (Å²) in [5.74, 6) is -0.376. The Hall–Kier alpha value is -1.21. The van der Waals surface area contributed by atoms with Gasteiger partial charge in [0.05, 0.1) is 16.1 Å². The molecule has 1 aliphatic carbocycles. The van der Waals surface area contributed by atoms with Crippen LogP contribution in [-0.4, -0.2) is 11.0 Å². The molecule has 1 aliphatic rings. The number of benzene rings is 1. The topological polar surface area (TPSA) is 64.9 Å². The molecule has 0 bridgehead atoms. The Kier molecular flexibility index (Phi) is 5.39. The van der Waals surface area contributed by atoms with Crippen LogP contribution in [0.4, 0.5) is 5.00 Å². The predicted octanol–water partition coefficient (Wildman–Crippen LogP) is 4.49. The number of nitrogens with zero attached hydrogens (tertiary/aromatic N) is 1. The van der Waals surface area contributed by atoms with E-state index in [-0.39, 0.29) is 11.0 Å². The van der Waals surface area contributed by atoms with Gasteiger partial charge in [-0.3, -0.25) is 10.1 Å². The summed E-state index contributed by atoms with van der Waals surface area (Å²) in [7, 11) is 0. The van der Waals surface area contributed by atoms with Crippen molar-refractivity contribution in [3.8, 4) is 6.07 Å². The van der Waals surface area contributed by atoms with Gasteiger partial charge in [0.1, 0.15) is 11.1 Å². The molecule has 24 heavy (non-hydrogen) atoms. The monoisotopic (exact) mass is 487 g/mol. The van der Waals surface area contributed by atoms with E-state index in [0.717, 1.165) is 28.4 Å². The SMILES string of the molecule is N#Cc1c(NC(=S)NC(=O)c2cc(I)ccc2Cl)sc2c1CCC2. The maximum atomic E-state index is 12.3. The number of nitriles is 1. The van der Waals surface area contributed by atoms with Gasteiger partial charge in [-0.05, 0) is 77.8 Å². The van der Waals surface area contributed by atoms with Gasteiger partial charge in [-0.15, -0.1) is 11.3 Å². The number of aryl methyl sites for hydroxylation is 1. The number of thiophene rings is 1. The second kappa shape index (κ2) is 7.35. The molecule has 0 saturated heterocycles. The fourth-order valence-electron chi connectivity index (χ4n) is 2.59. The Labute approximate surface area is 167 Å². The van der Waals surface area contributed by atoms with Crippen LogP contribution >= 0.6 is 57.7 Å². The minimum Gasteiger partial charge on any atom is -0.323 e. The molecular weight excluding hydrogens is 477 g/mol. The van der Waals surface area contributed by atoms with Crippen LogP contribution in [0.1, 0.15) is 32.8 Å². The highest BCUT2D eigenvalue weighted by Crippen LogP contribution is 2.38. The highest BCUT2D eigenvalue weighted by Gasteiger charge is 2.23. The number of amides is 1. The second-order valence-corrected chi connectivity index (χ2v) is 8.37. The molecule has 0 spiro atoms. The van der Waals surface area contributed by atoms with Crippen LogP contribution in [0.5, 0.6) is 0 Å². The first kappa shape index (κ1) is 17.6. The Balaban J connectivity index is 1.74. The number of hydrogen-bond donors (Lipinski definition) is 2. The number of fused-ring (bicyclic) bond motifs is 1. The van der Waals surface area contributed by atoms with Crippen LogP contribution in [0.15, 0.2) is 18.2 Å². The van der Waals surface area contributed by atoms with E-state index in [1.54, 1.807) is 12.1 Å². The number of hydrogen-bond acceptors (Lipinski definition) is 4. The second-order valence-electron chi connectivity index (χ2n) is 5.21. The summed E-state index contributed by atoms with van der Waals surface area (Å²) >= 11 is 14.9. The van der Waals surface area contributed by atoms with E-state index in [9.17, 15) is 10.1 Å². The lowest BCUT2D eigenvalue weighted by Crippen LogP contribution is -2.34. The lowest BCUT2D eigenvalue weighted by atomic mass is 10.1. The van der Waals surface area contributed by atoms with Crippen molar-refractivity contribution in [2.24, 2.45) is 0 Å². The first-order chi connectivity index (χ1) is 11.5. The van der Waals surface area contributed by atoms with E-state index in [2.05, 4.69) is 39.3 Å². The average molecular weight is 488 g/mol. The fraction of sp³-hybridized carbons (Fsp3) is 0.188. The van der Waals surface area contributed by atoms with Gasteiger partial charge in [0.2, 0.25) is 0 Å². The predicted molar refractivity (Wildman–Crippen MR) is 109 cm³/mol. The number of thiocarbonyl (C=S) groups is 1. The van der Waals surface area contributed by atoms with Crippen molar-refractivity contribution in [2.75, 3.05) is 5.32 Å². The molecule has 1 amide bonds. The number of halogens is 2. The lowest BCUT2D eigenvalue weighted by molar-refractivity contribution is 0.0978. The summed E-state index contributed by atoms with van der Waals surface area (Å²) in [6.45, 7) is 0. The molecule has 4 nitrogen and oxygen atoms in total. The van der Waals surface area contributed by atoms with Crippen LogP contribution in [0.25, 0.3) is 0 Å². The summed E-state index contributed by atoms with van der Waals surface area (Å²) in [5.41, 5.74) is 2.11. The summed E-state index contributed by atoms with van der Waals surface area (Å²) in [6.07, 6.45) is 3.00. The smallest absolute Gasteiger partial charge is 0.258 e. The summed E-state index contributed by atoms with van der Waals surface area (Å²) in [4.78, 5) is 13.6. The van der Waals surface area contributed by atoms with Gasteiger partial charge in [-0.2, -0.15) is 5.26 Å². The largest absolute Gasteiger partial charge is 0.323 e. The molecule has 0 aliphatic heterocycles. The van der Waals surface area contributed by atoms with Gasteiger partial charge in [-0.1, -0.05) is 11.6 Å². The molecule has 0 saturated carbocycles. The quantitative estimate of drug-likeness (QED) is 0.484. The average Bonchev–Trinajstić information content (AvgIpc) is 3.09. The van der Waals surface area contributed by atoms with Gasteiger partial charge in [-0.25, -0.2) is 0 Å². The van der Waals surface area contributed by atoms with E-state index < -0.39 is 0 Å². The van der Waals surface area contributed by atoms with Crippen LogP contribution in [0.3, 0.4) is 0 Å². The lowest BCUT2D eigenvalue weighted by Gasteiger charge is -2.10. The summed E-state index contributed by atoms with van der Waals surface area (Å²) in [6, 6.07) is 7.43. The number of carbonyl (C=O) groups is 1. The highest BCUT2D eigenvalue weighted by atomic mass is 127. The standard InChI is InChI=1S/C16H11ClIN3OS2/c17-12-5-4-8(18)6-10(12)14(22)20-16(23)21-15-11(7-19)9-2-1-3-13(9)24-15/h4-6H,1-3H2,(H2,20,21,22,23). The molecule has 3 rings (SSSR count). The zero-order valence-corrected chi connectivity index (χ0v) is 16.8. The van der Waals surface area contributed by atoms with Crippen molar-refractivity contribution >= 4 is 73.8 Å². The van der Waals surface area contributed by atoms with Gasteiger partial charge in [0.15, 0.2) is 5.11 Å². The first-order valence-corrected chi connectivity index (χ1v) is 9.79. The maximum Gasteiger partial charge on any atom is 0.258 e. The molecule has 0 fully saturated rings. The van der Waals surface area contributed by atoms with Crippen molar-refractivity contribution in [3.05, 3.63) is 48.4 Å². The molecular formula is C16H11ClIN3OS2. The van der Waals surface area contributed by atoms with E-state index in [1.807, 2.05) is 6.07 Å². The van der Waals surface area contributed by atoms with Gasteiger partial charge >= 0.3 is 0 Å². The maximum absolute atomic E-state index is 12.3. The summed E-state index contributed by atoms with van der Waals surface area (Å²) < 4.78 is 0.905. The van der Waals surface area contributed by atoms with Crippen LogP contribution in [-0.2, 0) is 12.8 Å². The minimum atomic E-state index is -0.376. The Bertz CT molecular complexity index is 888. The van der Waals surface area contributed by atoms with Crippen molar-refractivity contribution < 1.29 is 4.79 Å². The molecule has 122 valence electrons. The van der Waals surface area contributed by atoms with E-state index in [0.29, 0.717) is 21.2 Å². The Morgan fingerprint density at radius 3 is 2.96 bits per heavy atom. The van der Waals surface area contributed by atoms with Gasteiger partial charge < -0.3 is 5.32 Å². The molecule has 0 atom stereocenters. The van der Waals surface area contributed by atoms with E-state index in [4.69, 9.17) is 23.8 Å². The van der Waals surface area contributed by atoms with E-state index in [1.165, 1.54) is 16.2 Å². The molecule has 0 unspecified atom stereocenters. The molecule has 1 aromatic heterocycles. The van der Waals surface area contributed by atoms with E-state index >= 15 is 0 Å². The van der Waals surface area contributed by atoms with Crippen LogP contribution in [0.2, 0.25) is 5.02 Å². The van der Waals surface area contributed by atoms with Crippen molar-refractivity contribution in [2.45, 2.75) is 19.3 Å². The summed E-state index contributed by atoms with van der Waals surface area (Å²) in [5, 5.41) is 16.2. The number of anilines is 1. The first-order valence-electron chi connectivity index (χ1n) is 7.11. The molecule has 0 radical (unpaired) electrons. The number of carbonyl (C=O) groups excluding carboxylic acids is 1. The Morgan fingerprint density at radius 2 is 2.21 bits per heavy atom. The number of nitrogens with one attached hydrogen (secondary N) is 2. The molecule has 2 aromatic rings. The highest BCUT2D eigenvalue weighted by molar-refractivity contribution is 14.1. The van der Waals surface area contributed by atoms with Crippen LogP contribution in [0, 0.1) is 14.9 Å². The molecule has 2 N–H and O–H groups in total. The Morgan fingerprint density at radius 1 is 1.42 bits per heavy atom. The molecule has 1 aromatic carbocycles. The minimum absolute atomic E-state index is 0.159. The normalized spacial score (nSPS) is 12.4. The third-order valence-corrected chi connectivity index (χ3v) is 6.07. The van der Waals surface area contributed by atoms with Gasteiger partial charge in [0.25, 0.3) is 5.91 Å². The van der Waals surface area contributed by atoms with Gasteiger partial charge in [0, 0.05) is 8.45 Å². The van der Waals surface area contributed by atoms with Crippen LogP contribution < -0.4 is 10.6 Å². The molecule has 8 heteroatoms.